The van der Waals surface area contributed by atoms with Crippen molar-refractivity contribution >= 4 is 17.7 Å². The Morgan fingerprint density at radius 3 is 2.18 bits per heavy atom. The molecule has 1 fully saturated rings. The van der Waals surface area contributed by atoms with Crippen LogP contribution in [0.5, 0.6) is 0 Å². The molecule has 7 nitrogen and oxygen atoms in total. The molecule has 1 saturated carbocycles. The van der Waals surface area contributed by atoms with E-state index in [1.54, 1.807) is 0 Å². The van der Waals surface area contributed by atoms with Gasteiger partial charge in [-0.3, -0.25) is 19.7 Å². The van der Waals surface area contributed by atoms with E-state index < -0.39 is 41.7 Å². The summed E-state index contributed by atoms with van der Waals surface area (Å²) in [4.78, 5) is 35.6. The number of halogens is 3. The molecule has 192 valence electrons. The fourth-order valence-corrected chi connectivity index (χ4v) is 4.53. The van der Waals surface area contributed by atoms with Gasteiger partial charge in [0.25, 0.3) is 5.78 Å². The molecule has 0 aromatic carbocycles. The van der Waals surface area contributed by atoms with Gasteiger partial charge in [-0.25, -0.2) is 0 Å². The third-order valence-electron chi connectivity index (χ3n) is 6.49. The average molecular weight is 489 g/mol. The molecule has 1 aromatic rings. The van der Waals surface area contributed by atoms with Gasteiger partial charge in [-0.05, 0) is 43.2 Å². The van der Waals surface area contributed by atoms with Gasteiger partial charge in [0, 0.05) is 18.7 Å². The second-order valence-electron chi connectivity index (χ2n) is 9.60. The van der Waals surface area contributed by atoms with Gasteiger partial charge in [0.15, 0.2) is 0 Å². The fourth-order valence-electron chi connectivity index (χ4n) is 4.53. The number of nitrogens with one attached hydrogen (secondary N) is 1. The first-order chi connectivity index (χ1) is 15.9. The van der Waals surface area contributed by atoms with Gasteiger partial charge < -0.3 is 14.8 Å². The Morgan fingerprint density at radius 2 is 1.65 bits per heavy atom. The predicted octanol–water partition coefficient (Wildman–Crippen LogP) is 4.68. The zero-order valence-corrected chi connectivity index (χ0v) is 19.7. The number of hydrogen-bond donors (Lipinski definition) is 3. The zero-order valence-electron chi connectivity index (χ0n) is 19.7. The van der Waals surface area contributed by atoms with Crippen molar-refractivity contribution in [3.63, 3.8) is 0 Å². The molecule has 1 aromatic heterocycles. The maximum Gasteiger partial charge on any atom is 0.456 e. The standard InChI is InChI=1S/C24H35F3N2O5/c1-15(2)8-10-18(22(31)32)28-19(23(33)34)14-17-9-11-20(21(30)24(25,26)27)29(17)13-12-16-6-4-3-5-7-16/h9,11,15-16,18-19,28H,3-8,10,12-14H2,1-2H3,(H,31,32)(H,33,34)/t18?,19-/m0/s1. The average Bonchev–Trinajstić information content (AvgIpc) is 3.15. The number of carbonyl (C=O) groups excluding carboxylic acids is 1. The number of hydrogen-bond acceptors (Lipinski definition) is 4. The minimum atomic E-state index is -5.05. The summed E-state index contributed by atoms with van der Waals surface area (Å²) in [5.41, 5.74) is -0.256. The Bertz CT molecular complexity index is 844. The number of carbonyl (C=O) groups is 3. The zero-order chi connectivity index (χ0) is 25.5. The SMILES string of the molecule is CC(C)CCC(N[C@@H](Cc1ccc(C(=O)C(F)(F)F)n1CCC1CCCCC1)C(=O)O)C(=O)O. The molecule has 1 aliphatic carbocycles. The van der Waals surface area contributed by atoms with Crippen LogP contribution in [0.15, 0.2) is 12.1 Å². The highest BCUT2D eigenvalue weighted by molar-refractivity contribution is 5.99. The Balaban J connectivity index is 2.27. The highest BCUT2D eigenvalue weighted by atomic mass is 19.4. The molecule has 0 radical (unpaired) electrons. The number of aromatic nitrogens is 1. The molecule has 0 spiro atoms. The van der Waals surface area contributed by atoms with Gasteiger partial charge in [-0.15, -0.1) is 0 Å². The lowest BCUT2D eigenvalue weighted by molar-refractivity contribution is -0.142. The van der Waals surface area contributed by atoms with E-state index in [0.717, 1.165) is 38.2 Å². The summed E-state index contributed by atoms with van der Waals surface area (Å²) in [6.45, 7) is 4.02. The van der Waals surface area contributed by atoms with E-state index in [2.05, 4.69) is 5.32 Å². The van der Waals surface area contributed by atoms with Crippen LogP contribution in [-0.2, 0) is 22.6 Å². The first-order valence-corrected chi connectivity index (χ1v) is 11.9. The van der Waals surface area contributed by atoms with E-state index in [0.29, 0.717) is 18.8 Å². The molecule has 0 amide bonds. The van der Waals surface area contributed by atoms with E-state index in [4.69, 9.17) is 0 Å². The number of carboxylic acids is 2. The van der Waals surface area contributed by atoms with E-state index in [1.165, 1.54) is 10.6 Å². The predicted molar refractivity (Wildman–Crippen MR) is 120 cm³/mol. The quantitative estimate of drug-likeness (QED) is 0.348. The van der Waals surface area contributed by atoms with Gasteiger partial charge in [0.1, 0.15) is 12.1 Å². The summed E-state index contributed by atoms with van der Waals surface area (Å²) in [7, 11) is 0. The highest BCUT2D eigenvalue weighted by Crippen LogP contribution is 2.29. The summed E-state index contributed by atoms with van der Waals surface area (Å²) in [6.07, 6.45) is 1.32. The molecule has 1 unspecified atom stereocenters. The topological polar surface area (TPSA) is 109 Å². The highest BCUT2D eigenvalue weighted by Gasteiger charge is 2.41. The summed E-state index contributed by atoms with van der Waals surface area (Å²) in [5, 5.41) is 21.8. The lowest BCUT2D eigenvalue weighted by atomic mass is 9.87. The first-order valence-electron chi connectivity index (χ1n) is 11.9. The van der Waals surface area contributed by atoms with Crippen molar-refractivity contribution in [3.8, 4) is 0 Å². The van der Waals surface area contributed by atoms with Crippen LogP contribution in [0.25, 0.3) is 0 Å². The van der Waals surface area contributed by atoms with Gasteiger partial charge in [-0.1, -0.05) is 46.0 Å². The Morgan fingerprint density at radius 1 is 1.03 bits per heavy atom. The van der Waals surface area contributed by atoms with Crippen LogP contribution in [0, 0.1) is 11.8 Å². The molecular weight excluding hydrogens is 453 g/mol. The van der Waals surface area contributed by atoms with Crippen LogP contribution >= 0.6 is 0 Å². The Hall–Kier alpha value is -2.36. The normalized spacial score (nSPS) is 17.0. The van der Waals surface area contributed by atoms with Crippen LogP contribution in [0.4, 0.5) is 13.2 Å². The van der Waals surface area contributed by atoms with Crippen LogP contribution in [0.1, 0.15) is 81.4 Å². The third kappa shape index (κ3) is 8.14. The summed E-state index contributed by atoms with van der Waals surface area (Å²) < 4.78 is 40.8. The molecule has 1 aliphatic rings. The minimum Gasteiger partial charge on any atom is -0.480 e. The van der Waals surface area contributed by atoms with Crippen molar-refractivity contribution in [2.45, 2.75) is 96.4 Å². The van der Waals surface area contributed by atoms with Gasteiger partial charge in [-0.2, -0.15) is 13.2 Å². The second kappa shape index (κ2) is 12.4. The molecule has 34 heavy (non-hydrogen) atoms. The van der Waals surface area contributed by atoms with Crippen molar-refractivity contribution < 1.29 is 37.8 Å². The summed E-state index contributed by atoms with van der Waals surface area (Å²) >= 11 is 0. The molecule has 3 N–H and O–H groups in total. The number of rotatable bonds is 13. The summed E-state index contributed by atoms with van der Waals surface area (Å²) in [5.74, 6) is -3.90. The van der Waals surface area contributed by atoms with Crippen LogP contribution in [0.2, 0.25) is 0 Å². The van der Waals surface area contributed by atoms with Crippen LogP contribution < -0.4 is 5.32 Å². The molecule has 0 saturated heterocycles. The molecule has 1 heterocycles. The van der Waals surface area contributed by atoms with E-state index >= 15 is 0 Å². The van der Waals surface area contributed by atoms with E-state index in [1.807, 2.05) is 13.8 Å². The summed E-state index contributed by atoms with van der Waals surface area (Å²) in [6, 6.07) is -0.0180. The van der Waals surface area contributed by atoms with Gasteiger partial charge in [0.2, 0.25) is 0 Å². The molecular formula is C24H35F3N2O5. The lowest BCUT2D eigenvalue weighted by Crippen LogP contribution is -2.48. The number of ketones is 1. The molecule has 2 rings (SSSR count). The molecule has 10 heteroatoms. The number of aliphatic carboxylic acids is 2. The Labute approximate surface area is 197 Å². The first kappa shape index (κ1) is 27.9. The fraction of sp³-hybridized carbons (Fsp3) is 0.708. The lowest BCUT2D eigenvalue weighted by Gasteiger charge is -2.24. The second-order valence-corrected chi connectivity index (χ2v) is 9.60. The molecule has 0 aliphatic heterocycles. The van der Waals surface area contributed by atoms with E-state index in [-0.39, 0.29) is 31.0 Å². The third-order valence-corrected chi connectivity index (χ3v) is 6.49. The van der Waals surface area contributed by atoms with Crippen LogP contribution in [-0.4, -0.2) is 50.8 Å². The minimum absolute atomic E-state index is 0.173. The maximum atomic E-state index is 13.2. The van der Waals surface area contributed by atoms with Crippen molar-refractivity contribution in [2.24, 2.45) is 11.8 Å². The monoisotopic (exact) mass is 488 g/mol. The maximum absolute atomic E-state index is 13.2. The van der Waals surface area contributed by atoms with E-state index in [9.17, 15) is 37.8 Å². The van der Waals surface area contributed by atoms with Crippen molar-refractivity contribution in [1.82, 2.24) is 9.88 Å². The number of carboxylic acid groups (broad SMARTS) is 2. The smallest absolute Gasteiger partial charge is 0.456 e. The number of alkyl halides is 3. The number of nitrogens with zero attached hydrogens (tertiary/aromatic N) is 1. The van der Waals surface area contributed by atoms with Crippen LogP contribution in [0.3, 0.4) is 0 Å². The van der Waals surface area contributed by atoms with Gasteiger partial charge in [0.05, 0.1) is 5.69 Å². The largest absolute Gasteiger partial charge is 0.480 e. The van der Waals surface area contributed by atoms with Crippen molar-refractivity contribution in [2.75, 3.05) is 0 Å². The molecule has 0 bridgehead atoms. The molecule has 2 atom stereocenters. The van der Waals surface area contributed by atoms with Crippen molar-refractivity contribution in [1.29, 1.82) is 0 Å². The Kier molecular flexibility index (Phi) is 10.1. The van der Waals surface area contributed by atoms with Gasteiger partial charge >= 0.3 is 18.1 Å². The number of Topliss-reactive ketones (excluding diaryl/α,β-unsaturated/α-hetero) is 1. The van der Waals surface area contributed by atoms with Crippen molar-refractivity contribution in [3.05, 3.63) is 23.5 Å².